The molecule has 1 fully saturated rings. The highest BCUT2D eigenvalue weighted by atomic mass is 32.2. The Morgan fingerprint density at radius 2 is 1.82 bits per heavy atom. The molecule has 1 aromatic heterocycles. The first-order valence-electron chi connectivity index (χ1n) is 13.7. The van der Waals surface area contributed by atoms with Crippen LogP contribution in [-0.4, -0.2) is 85.6 Å². The van der Waals surface area contributed by atoms with Crippen molar-refractivity contribution in [2.24, 2.45) is 4.99 Å². The number of amides is 1. The van der Waals surface area contributed by atoms with Gasteiger partial charge in [0.25, 0.3) is 10.0 Å². The minimum atomic E-state index is -4.58. The van der Waals surface area contributed by atoms with Gasteiger partial charge in [0.1, 0.15) is 16.4 Å². The van der Waals surface area contributed by atoms with E-state index in [2.05, 4.69) is 15.0 Å². The lowest BCUT2D eigenvalue weighted by Crippen LogP contribution is -2.57. The molecule has 3 aromatic rings. The van der Waals surface area contributed by atoms with E-state index in [9.17, 15) is 27.2 Å². The van der Waals surface area contributed by atoms with Crippen LogP contribution in [0.5, 0.6) is 5.88 Å². The third-order valence-corrected chi connectivity index (χ3v) is 8.84. The van der Waals surface area contributed by atoms with E-state index in [1.807, 2.05) is 29.2 Å². The maximum atomic E-state index is 14.8. The van der Waals surface area contributed by atoms with Crippen LogP contribution >= 0.6 is 0 Å². The second kappa shape index (κ2) is 12.5. The van der Waals surface area contributed by atoms with Crippen molar-refractivity contribution in [3.63, 3.8) is 0 Å². The number of fused-ring (bicyclic) bond motifs is 1. The number of allylic oxidation sites excluding steroid dienone is 1. The first-order chi connectivity index (χ1) is 21.5. The lowest BCUT2D eigenvalue weighted by molar-refractivity contribution is -0.128. The summed E-state index contributed by atoms with van der Waals surface area (Å²) in [4.78, 5) is 47.3. The Hall–Kier alpha value is -5.15. The zero-order chi connectivity index (χ0) is 32.4. The molecule has 234 valence electrons. The zero-order valence-corrected chi connectivity index (χ0v) is 25.0. The molecule has 0 spiro atoms. The van der Waals surface area contributed by atoms with Gasteiger partial charge in [-0.1, -0.05) is 18.2 Å². The zero-order valence-electron chi connectivity index (χ0n) is 24.2. The van der Waals surface area contributed by atoms with Crippen molar-refractivity contribution in [3.05, 3.63) is 89.4 Å². The molecule has 0 saturated carbocycles. The smallest absolute Gasteiger partial charge is 0.335 e. The average molecular weight is 637 g/mol. The number of nitrogens with zero attached hydrogens (tertiary/aromatic N) is 4. The Morgan fingerprint density at radius 3 is 2.49 bits per heavy atom. The molecule has 3 N–H and O–H groups in total. The van der Waals surface area contributed by atoms with E-state index >= 15 is 0 Å². The number of aromatic carboxylic acids is 1. The van der Waals surface area contributed by atoms with Gasteiger partial charge in [0.15, 0.2) is 11.4 Å². The number of ketones is 1. The highest BCUT2D eigenvalue weighted by molar-refractivity contribution is 7.92. The van der Waals surface area contributed by atoms with E-state index in [0.29, 0.717) is 37.8 Å². The minimum absolute atomic E-state index is 0.0982. The first-order valence-corrected chi connectivity index (χ1v) is 15.2. The van der Waals surface area contributed by atoms with E-state index < -0.39 is 37.9 Å². The molecule has 5 rings (SSSR count). The number of hydrogen-bond donors (Lipinski definition) is 3. The van der Waals surface area contributed by atoms with Crippen molar-refractivity contribution in [2.45, 2.75) is 17.5 Å². The fourth-order valence-electron chi connectivity index (χ4n) is 5.32. The quantitative estimate of drug-likeness (QED) is 0.297. The lowest BCUT2D eigenvalue weighted by Gasteiger charge is -2.47. The van der Waals surface area contributed by atoms with Crippen molar-refractivity contribution in [1.29, 1.82) is 0 Å². The molecule has 0 bridgehead atoms. The summed E-state index contributed by atoms with van der Waals surface area (Å²) in [5.41, 5.74) is 0.192. The van der Waals surface area contributed by atoms with Crippen molar-refractivity contribution < 1.29 is 37.0 Å². The monoisotopic (exact) mass is 636 g/mol. The molecule has 0 aliphatic carbocycles. The Labute approximate surface area is 258 Å². The number of para-hydroxylation sites is 1. The van der Waals surface area contributed by atoms with Crippen LogP contribution in [0.4, 0.5) is 15.8 Å². The number of hydrogen-bond acceptors (Lipinski definition) is 10. The summed E-state index contributed by atoms with van der Waals surface area (Å²) in [6.07, 6.45) is 5.51. The number of sulfonamides is 1. The molecule has 2 aliphatic heterocycles. The van der Waals surface area contributed by atoms with Crippen LogP contribution in [0.25, 0.3) is 0 Å². The lowest BCUT2D eigenvalue weighted by atomic mass is 9.87. The van der Waals surface area contributed by atoms with Gasteiger partial charge >= 0.3 is 5.97 Å². The SMILES string of the molecule is COc1ncc(C2(N3CCN(C(=O)/C=C/C(C)=O)CC3)N=CNc3ccccc32)cc1NS(=O)(=O)c1ccc(C(=O)O)cc1F. The third-order valence-electron chi connectivity index (χ3n) is 7.44. The Kier molecular flexibility index (Phi) is 8.66. The molecule has 13 nitrogen and oxygen atoms in total. The second-order valence-electron chi connectivity index (χ2n) is 10.2. The number of pyridine rings is 1. The summed E-state index contributed by atoms with van der Waals surface area (Å²) in [6.45, 7) is 2.73. The molecule has 1 saturated heterocycles. The van der Waals surface area contributed by atoms with Gasteiger partial charge in [0.05, 0.1) is 19.0 Å². The number of carbonyl (C=O) groups excluding carboxylic acids is 2. The molecule has 3 heterocycles. The summed E-state index contributed by atoms with van der Waals surface area (Å²) in [5.74, 6) is -3.28. The van der Waals surface area contributed by atoms with E-state index in [4.69, 9.17) is 14.8 Å². The van der Waals surface area contributed by atoms with Crippen LogP contribution < -0.4 is 14.8 Å². The molecule has 45 heavy (non-hydrogen) atoms. The Balaban J connectivity index is 1.55. The molecular weight excluding hydrogens is 607 g/mol. The number of benzene rings is 2. The van der Waals surface area contributed by atoms with E-state index in [0.717, 1.165) is 23.4 Å². The average Bonchev–Trinajstić information content (AvgIpc) is 3.03. The van der Waals surface area contributed by atoms with Crippen LogP contribution in [-0.2, 0) is 25.3 Å². The fourth-order valence-corrected chi connectivity index (χ4v) is 6.43. The number of anilines is 2. The van der Waals surface area contributed by atoms with Crippen LogP contribution in [0.3, 0.4) is 0 Å². The number of piperazine rings is 1. The summed E-state index contributed by atoms with van der Waals surface area (Å²) in [7, 11) is -3.28. The van der Waals surface area contributed by atoms with Gasteiger partial charge in [-0.2, -0.15) is 0 Å². The highest BCUT2D eigenvalue weighted by Crippen LogP contribution is 2.44. The van der Waals surface area contributed by atoms with Gasteiger partial charge in [-0.3, -0.25) is 19.2 Å². The van der Waals surface area contributed by atoms with Crippen LogP contribution in [0.15, 0.2) is 76.8 Å². The number of ether oxygens (including phenoxy) is 1. The fraction of sp³-hybridized carbons (Fsp3) is 0.233. The molecule has 2 aromatic carbocycles. The van der Waals surface area contributed by atoms with Gasteiger partial charge in [0, 0.05) is 55.3 Å². The number of carbonyl (C=O) groups is 3. The maximum absolute atomic E-state index is 14.8. The highest BCUT2D eigenvalue weighted by Gasteiger charge is 2.45. The van der Waals surface area contributed by atoms with Gasteiger partial charge in [-0.05, 0) is 43.3 Å². The number of rotatable bonds is 9. The van der Waals surface area contributed by atoms with Crippen molar-refractivity contribution >= 4 is 45.4 Å². The molecule has 2 aliphatic rings. The predicted molar refractivity (Wildman–Crippen MR) is 162 cm³/mol. The summed E-state index contributed by atoms with van der Waals surface area (Å²) >= 11 is 0. The maximum Gasteiger partial charge on any atom is 0.335 e. The topological polar surface area (TPSA) is 171 Å². The number of aromatic nitrogens is 1. The normalized spacial score (nSPS) is 18.2. The van der Waals surface area contributed by atoms with Crippen molar-refractivity contribution in [1.82, 2.24) is 14.8 Å². The molecule has 1 unspecified atom stereocenters. The predicted octanol–water partition coefficient (Wildman–Crippen LogP) is 2.67. The summed E-state index contributed by atoms with van der Waals surface area (Å²) < 4.78 is 49.1. The van der Waals surface area contributed by atoms with Crippen LogP contribution in [0.2, 0.25) is 0 Å². The van der Waals surface area contributed by atoms with Gasteiger partial charge in [0.2, 0.25) is 11.8 Å². The number of nitrogens with one attached hydrogen (secondary N) is 2. The molecule has 1 atom stereocenters. The largest absolute Gasteiger partial charge is 0.480 e. The number of carboxylic acids is 1. The minimum Gasteiger partial charge on any atom is -0.480 e. The van der Waals surface area contributed by atoms with E-state index in [-0.39, 0.29) is 23.3 Å². The van der Waals surface area contributed by atoms with E-state index in [1.165, 1.54) is 44.8 Å². The van der Waals surface area contributed by atoms with Crippen molar-refractivity contribution in [3.8, 4) is 5.88 Å². The van der Waals surface area contributed by atoms with Gasteiger partial charge in [-0.15, -0.1) is 0 Å². The number of methoxy groups -OCH3 is 1. The third kappa shape index (κ3) is 6.12. The number of halogens is 1. The van der Waals surface area contributed by atoms with Crippen LogP contribution in [0.1, 0.15) is 28.4 Å². The van der Waals surface area contributed by atoms with Crippen LogP contribution in [0, 0.1) is 5.82 Å². The molecule has 15 heteroatoms. The van der Waals surface area contributed by atoms with E-state index in [1.54, 1.807) is 4.90 Å². The molecular formula is C30H29FN6O7S. The Morgan fingerprint density at radius 1 is 1.09 bits per heavy atom. The van der Waals surface area contributed by atoms with Gasteiger partial charge in [-0.25, -0.2) is 27.6 Å². The standard InChI is InChI=1S/C30H29FN6O7S/c1-19(38)7-10-27(39)36-11-13-37(14-12-36)30(22-5-3-4-6-24(22)33-18-34-30)21-16-25(28(44-2)32-17-21)35-45(42,43)26-9-8-20(29(40)41)15-23(26)31/h3-10,15-18,35H,11-14H2,1-2H3,(H,33,34)(H,40,41)/b10-7+. The molecule has 0 radical (unpaired) electrons. The van der Waals surface area contributed by atoms with Gasteiger partial charge < -0.3 is 20.1 Å². The summed E-state index contributed by atoms with van der Waals surface area (Å²) in [5, 5.41) is 12.3. The van der Waals surface area contributed by atoms with Crippen molar-refractivity contribution in [2.75, 3.05) is 43.3 Å². The first kappa shape index (κ1) is 31.3. The second-order valence-corrected chi connectivity index (χ2v) is 11.9. The molecule has 1 amide bonds. The number of carboxylic acid groups (broad SMARTS) is 1. The Bertz CT molecular complexity index is 1840. The summed E-state index contributed by atoms with van der Waals surface area (Å²) in [6, 6.07) is 11.4. The number of aliphatic imine (C=N–C) groups is 1.